The van der Waals surface area contributed by atoms with Gasteiger partial charge < -0.3 is 15.5 Å². The summed E-state index contributed by atoms with van der Waals surface area (Å²) in [5.41, 5.74) is 3.51. The van der Waals surface area contributed by atoms with Gasteiger partial charge in [0, 0.05) is 26.2 Å². The number of nitrogens with two attached hydrogens (primary N) is 1. The van der Waals surface area contributed by atoms with Gasteiger partial charge in [-0.2, -0.15) is 0 Å². The zero-order chi connectivity index (χ0) is 11.9. The van der Waals surface area contributed by atoms with Crippen LogP contribution in [0.25, 0.3) is 0 Å². The average Bonchev–Trinajstić information content (AvgIpc) is 2.41. The summed E-state index contributed by atoms with van der Waals surface area (Å²) < 4.78 is 5.30. The van der Waals surface area contributed by atoms with E-state index in [0.717, 1.165) is 45.1 Å². The van der Waals surface area contributed by atoms with Crippen LogP contribution in [0.1, 0.15) is 0 Å². The van der Waals surface area contributed by atoms with E-state index in [0.29, 0.717) is 5.82 Å². The van der Waals surface area contributed by atoms with Crippen molar-refractivity contribution in [1.82, 2.24) is 9.88 Å². The van der Waals surface area contributed by atoms with Crippen molar-refractivity contribution in [3.05, 3.63) is 18.3 Å². The van der Waals surface area contributed by atoms with Crippen molar-refractivity contribution in [2.45, 2.75) is 0 Å². The fourth-order valence-electron chi connectivity index (χ4n) is 1.77. The Hall–Kier alpha value is -1.37. The van der Waals surface area contributed by atoms with E-state index >= 15 is 0 Å². The van der Waals surface area contributed by atoms with E-state index in [1.54, 1.807) is 6.20 Å². The second-order valence-corrected chi connectivity index (χ2v) is 3.96. The fraction of sp³-hybridized carbons (Fsp3) is 0.545. The molecule has 0 amide bonds. The molecule has 0 atom stereocenters. The maximum atomic E-state index is 5.30. The van der Waals surface area contributed by atoms with Crippen molar-refractivity contribution in [3.63, 3.8) is 0 Å². The van der Waals surface area contributed by atoms with Crippen molar-refractivity contribution in [2.24, 2.45) is 5.84 Å². The molecule has 0 radical (unpaired) electrons. The summed E-state index contributed by atoms with van der Waals surface area (Å²) in [5, 5.41) is 3.33. The van der Waals surface area contributed by atoms with Crippen molar-refractivity contribution >= 4 is 11.5 Å². The molecule has 0 spiro atoms. The van der Waals surface area contributed by atoms with Crippen LogP contribution < -0.4 is 16.6 Å². The predicted octanol–water partition coefficient (Wildman–Crippen LogP) is 0.111. The number of hydrogen-bond donors (Lipinski definition) is 3. The van der Waals surface area contributed by atoms with Crippen LogP contribution in [0.4, 0.5) is 11.5 Å². The van der Waals surface area contributed by atoms with E-state index < -0.39 is 0 Å². The SMILES string of the molecule is NNc1ccc(NCCN2CCOCC2)cn1. The Morgan fingerprint density at radius 2 is 2.18 bits per heavy atom. The number of ether oxygens (including phenoxy) is 1. The van der Waals surface area contributed by atoms with Gasteiger partial charge in [0.2, 0.25) is 0 Å². The van der Waals surface area contributed by atoms with Crippen LogP contribution in [0.5, 0.6) is 0 Å². The van der Waals surface area contributed by atoms with Crippen molar-refractivity contribution < 1.29 is 4.74 Å². The fourth-order valence-corrected chi connectivity index (χ4v) is 1.77. The molecular weight excluding hydrogens is 218 g/mol. The van der Waals surface area contributed by atoms with Crippen LogP contribution >= 0.6 is 0 Å². The summed E-state index contributed by atoms with van der Waals surface area (Å²) in [6.45, 7) is 5.68. The lowest BCUT2D eigenvalue weighted by Crippen LogP contribution is -2.39. The molecule has 6 heteroatoms. The molecule has 0 saturated carbocycles. The summed E-state index contributed by atoms with van der Waals surface area (Å²) in [5.74, 6) is 5.92. The Bertz CT molecular complexity index is 323. The minimum Gasteiger partial charge on any atom is -0.383 e. The van der Waals surface area contributed by atoms with Gasteiger partial charge in [0.05, 0.1) is 25.1 Å². The Morgan fingerprint density at radius 1 is 1.35 bits per heavy atom. The molecule has 17 heavy (non-hydrogen) atoms. The summed E-state index contributed by atoms with van der Waals surface area (Å²) in [6, 6.07) is 3.80. The third-order valence-electron chi connectivity index (χ3n) is 2.77. The Balaban J connectivity index is 1.69. The lowest BCUT2D eigenvalue weighted by molar-refractivity contribution is 0.0398. The van der Waals surface area contributed by atoms with Gasteiger partial charge in [0.15, 0.2) is 0 Å². The number of anilines is 2. The highest BCUT2D eigenvalue weighted by atomic mass is 16.5. The molecule has 1 aromatic heterocycles. The second-order valence-electron chi connectivity index (χ2n) is 3.96. The molecule has 1 fully saturated rings. The Morgan fingerprint density at radius 3 is 2.82 bits per heavy atom. The standard InChI is InChI=1S/C11H19N5O/c12-15-11-2-1-10(9-14-11)13-3-4-16-5-7-17-8-6-16/h1-2,9,13H,3-8,12H2,(H,14,15). The summed E-state index contributed by atoms with van der Waals surface area (Å²) in [4.78, 5) is 6.52. The van der Waals surface area contributed by atoms with Gasteiger partial charge in [-0.05, 0) is 12.1 Å². The number of morpholine rings is 1. The number of hydrogen-bond acceptors (Lipinski definition) is 6. The number of rotatable bonds is 5. The summed E-state index contributed by atoms with van der Waals surface area (Å²) >= 11 is 0. The summed E-state index contributed by atoms with van der Waals surface area (Å²) in [6.07, 6.45) is 1.77. The topological polar surface area (TPSA) is 75.4 Å². The van der Waals surface area contributed by atoms with E-state index in [2.05, 4.69) is 20.6 Å². The lowest BCUT2D eigenvalue weighted by Gasteiger charge is -2.26. The average molecular weight is 237 g/mol. The van der Waals surface area contributed by atoms with E-state index in [9.17, 15) is 0 Å². The number of nitrogens with one attached hydrogen (secondary N) is 2. The number of hydrazine groups is 1. The molecule has 1 aromatic rings. The molecule has 1 aliphatic heterocycles. The second kappa shape index (κ2) is 6.39. The van der Waals surface area contributed by atoms with E-state index in [-0.39, 0.29) is 0 Å². The maximum absolute atomic E-state index is 5.30. The normalized spacial score (nSPS) is 16.8. The van der Waals surface area contributed by atoms with Crippen molar-refractivity contribution in [2.75, 3.05) is 50.1 Å². The zero-order valence-corrected chi connectivity index (χ0v) is 9.85. The van der Waals surface area contributed by atoms with Crippen LogP contribution in [0, 0.1) is 0 Å². The van der Waals surface area contributed by atoms with Gasteiger partial charge in [-0.1, -0.05) is 0 Å². The molecular formula is C11H19N5O. The van der Waals surface area contributed by atoms with E-state index in [1.165, 1.54) is 0 Å². The molecule has 94 valence electrons. The predicted molar refractivity (Wildman–Crippen MR) is 67.8 cm³/mol. The smallest absolute Gasteiger partial charge is 0.140 e. The first-order chi connectivity index (χ1) is 8.38. The van der Waals surface area contributed by atoms with Crippen LogP contribution in [0.15, 0.2) is 18.3 Å². The first kappa shape index (κ1) is 12.1. The number of aromatic nitrogens is 1. The van der Waals surface area contributed by atoms with Gasteiger partial charge >= 0.3 is 0 Å². The highest BCUT2D eigenvalue weighted by Gasteiger charge is 2.08. The van der Waals surface area contributed by atoms with Crippen LogP contribution in [-0.2, 0) is 4.74 Å². The Kier molecular flexibility index (Phi) is 4.54. The third kappa shape index (κ3) is 3.85. The van der Waals surface area contributed by atoms with Crippen LogP contribution in [0.2, 0.25) is 0 Å². The molecule has 0 unspecified atom stereocenters. The molecule has 0 bridgehead atoms. The van der Waals surface area contributed by atoms with Crippen molar-refractivity contribution in [3.8, 4) is 0 Å². The number of nitrogens with zero attached hydrogens (tertiary/aromatic N) is 2. The largest absolute Gasteiger partial charge is 0.383 e. The van der Waals surface area contributed by atoms with Gasteiger partial charge in [-0.25, -0.2) is 10.8 Å². The minimum absolute atomic E-state index is 0.670. The lowest BCUT2D eigenvalue weighted by atomic mass is 10.3. The first-order valence-corrected chi connectivity index (χ1v) is 5.85. The van der Waals surface area contributed by atoms with Crippen LogP contribution in [0.3, 0.4) is 0 Å². The minimum atomic E-state index is 0.670. The van der Waals surface area contributed by atoms with Gasteiger partial charge in [0.25, 0.3) is 0 Å². The molecule has 1 aliphatic rings. The zero-order valence-electron chi connectivity index (χ0n) is 9.85. The molecule has 4 N–H and O–H groups in total. The van der Waals surface area contributed by atoms with E-state index in [1.807, 2.05) is 12.1 Å². The molecule has 1 saturated heterocycles. The van der Waals surface area contributed by atoms with Crippen molar-refractivity contribution in [1.29, 1.82) is 0 Å². The monoisotopic (exact) mass is 237 g/mol. The van der Waals surface area contributed by atoms with Gasteiger partial charge in [-0.3, -0.25) is 4.90 Å². The first-order valence-electron chi connectivity index (χ1n) is 5.85. The molecule has 0 aliphatic carbocycles. The van der Waals surface area contributed by atoms with Gasteiger partial charge in [0.1, 0.15) is 5.82 Å². The molecule has 0 aromatic carbocycles. The van der Waals surface area contributed by atoms with E-state index in [4.69, 9.17) is 10.6 Å². The van der Waals surface area contributed by atoms with Gasteiger partial charge in [-0.15, -0.1) is 0 Å². The molecule has 2 rings (SSSR count). The third-order valence-corrected chi connectivity index (χ3v) is 2.77. The number of pyridine rings is 1. The molecule has 2 heterocycles. The number of nitrogen functional groups attached to an aromatic ring is 1. The highest BCUT2D eigenvalue weighted by molar-refractivity contribution is 5.46. The summed E-state index contributed by atoms with van der Waals surface area (Å²) in [7, 11) is 0. The molecule has 6 nitrogen and oxygen atoms in total. The maximum Gasteiger partial charge on any atom is 0.140 e. The van der Waals surface area contributed by atoms with Crippen LogP contribution in [-0.4, -0.2) is 49.3 Å². The quantitative estimate of drug-likeness (QED) is 0.498. The Labute approximate surface area is 101 Å². The highest BCUT2D eigenvalue weighted by Crippen LogP contribution is 2.08.